The van der Waals surface area contributed by atoms with Crippen LogP contribution in [-0.4, -0.2) is 23.4 Å². The van der Waals surface area contributed by atoms with Crippen molar-refractivity contribution >= 4 is 11.7 Å². The molecule has 92 valence electrons. The standard InChI is InChI=1S/C13H20N4/c1-8-6-10(3)17(7-8)13-11(12(14)15)5-4-9(2)16-13/h4-5,8,10H,6-7H2,1-3H3,(H3,14,15). The number of nitrogens with one attached hydrogen (secondary N) is 1. The summed E-state index contributed by atoms with van der Waals surface area (Å²) < 4.78 is 0. The van der Waals surface area contributed by atoms with E-state index >= 15 is 0 Å². The van der Waals surface area contributed by atoms with Crippen molar-refractivity contribution in [1.82, 2.24) is 4.98 Å². The van der Waals surface area contributed by atoms with Crippen LogP contribution in [0, 0.1) is 18.3 Å². The average molecular weight is 232 g/mol. The summed E-state index contributed by atoms with van der Waals surface area (Å²) in [6, 6.07) is 4.28. The minimum Gasteiger partial charge on any atom is -0.384 e. The van der Waals surface area contributed by atoms with Crippen LogP contribution in [0.5, 0.6) is 0 Å². The molecule has 1 aliphatic rings. The van der Waals surface area contributed by atoms with Crippen LogP contribution in [-0.2, 0) is 0 Å². The molecule has 1 aromatic rings. The maximum atomic E-state index is 7.64. The molecule has 0 aliphatic carbocycles. The van der Waals surface area contributed by atoms with Gasteiger partial charge >= 0.3 is 0 Å². The van der Waals surface area contributed by atoms with E-state index in [0.29, 0.717) is 12.0 Å². The minimum atomic E-state index is 0.0965. The molecule has 0 amide bonds. The summed E-state index contributed by atoms with van der Waals surface area (Å²) in [5.74, 6) is 1.64. The first-order valence-electron chi connectivity index (χ1n) is 6.07. The summed E-state index contributed by atoms with van der Waals surface area (Å²) in [5, 5.41) is 7.64. The van der Waals surface area contributed by atoms with Crippen molar-refractivity contribution in [1.29, 1.82) is 5.41 Å². The molecule has 0 bridgehead atoms. The van der Waals surface area contributed by atoms with Gasteiger partial charge in [0.05, 0.1) is 5.56 Å². The number of rotatable bonds is 2. The van der Waals surface area contributed by atoms with Gasteiger partial charge in [-0.3, -0.25) is 5.41 Å². The minimum absolute atomic E-state index is 0.0965. The Morgan fingerprint density at radius 3 is 2.71 bits per heavy atom. The normalized spacial score (nSPS) is 24.1. The third-order valence-corrected chi connectivity index (χ3v) is 3.36. The van der Waals surface area contributed by atoms with Crippen LogP contribution >= 0.6 is 0 Å². The molecule has 1 fully saturated rings. The van der Waals surface area contributed by atoms with E-state index in [1.54, 1.807) is 0 Å². The zero-order valence-corrected chi connectivity index (χ0v) is 10.7. The highest BCUT2D eigenvalue weighted by Crippen LogP contribution is 2.29. The molecule has 0 aromatic carbocycles. The maximum Gasteiger partial charge on any atom is 0.140 e. The lowest BCUT2D eigenvalue weighted by atomic mass is 10.1. The molecule has 4 heteroatoms. The predicted molar refractivity (Wildman–Crippen MR) is 70.6 cm³/mol. The van der Waals surface area contributed by atoms with E-state index in [9.17, 15) is 0 Å². The van der Waals surface area contributed by atoms with Crippen LogP contribution in [0.2, 0.25) is 0 Å². The van der Waals surface area contributed by atoms with E-state index in [1.807, 2.05) is 19.1 Å². The molecule has 0 radical (unpaired) electrons. The molecule has 1 aromatic heterocycles. The van der Waals surface area contributed by atoms with Crippen molar-refractivity contribution in [2.24, 2.45) is 11.7 Å². The second-order valence-corrected chi connectivity index (χ2v) is 5.08. The molecule has 2 heterocycles. The molecule has 3 N–H and O–H groups in total. The van der Waals surface area contributed by atoms with E-state index < -0.39 is 0 Å². The molecule has 1 saturated heterocycles. The van der Waals surface area contributed by atoms with Crippen LogP contribution < -0.4 is 10.6 Å². The first-order chi connectivity index (χ1) is 7.99. The molecular weight excluding hydrogens is 212 g/mol. The van der Waals surface area contributed by atoms with Crippen molar-refractivity contribution in [3.63, 3.8) is 0 Å². The van der Waals surface area contributed by atoms with Gasteiger partial charge in [-0.2, -0.15) is 0 Å². The molecule has 2 atom stereocenters. The topological polar surface area (TPSA) is 66.0 Å². The molecule has 4 nitrogen and oxygen atoms in total. The highest BCUT2D eigenvalue weighted by atomic mass is 15.2. The Morgan fingerprint density at radius 2 is 2.18 bits per heavy atom. The lowest BCUT2D eigenvalue weighted by molar-refractivity contribution is 0.625. The van der Waals surface area contributed by atoms with E-state index in [0.717, 1.165) is 23.6 Å². The number of anilines is 1. The Hall–Kier alpha value is -1.58. The van der Waals surface area contributed by atoms with Crippen LogP contribution in [0.25, 0.3) is 0 Å². The number of hydrogen-bond donors (Lipinski definition) is 2. The van der Waals surface area contributed by atoms with Crippen LogP contribution in [0.1, 0.15) is 31.5 Å². The summed E-state index contributed by atoms with van der Waals surface area (Å²) in [7, 11) is 0. The van der Waals surface area contributed by atoms with Gasteiger partial charge in [0.1, 0.15) is 11.7 Å². The van der Waals surface area contributed by atoms with Crippen LogP contribution in [0.4, 0.5) is 5.82 Å². The van der Waals surface area contributed by atoms with E-state index in [2.05, 4.69) is 23.7 Å². The summed E-state index contributed by atoms with van der Waals surface area (Å²) in [4.78, 5) is 6.84. The molecule has 1 aliphatic heterocycles. The Morgan fingerprint density at radius 1 is 1.47 bits per heavy atom. The number of aryl methyl sites for hydroxylation is 1. The monoisotopic (exact) mass is 232 g/mol. The summed E-state index contributed by atoms with van der Waals surface area (Å²) >= 11 is 0. The van der Waals surface area contributed by atoms with Gasteiger partial charge < -0.3 is 10.6 Å². The number of amidine groups is 1. The lowest BCUT2D eigenvalue weighted by Gasteiger charge is -2.25. The number of nitrogens with zero attached hydrogens (tertiary/aromatic N) is 2. The summed E-state index contributed by atoms with van der Waals surface area (Å²) in [5.41, 5.74) is 7.34. The Kier molecular flexibility index (Phi) is 3.05. The fourth-order valence-electron chi connectivity index (χ4n) is 2.57. The van der Waals surface area contributed by atoms with Crippen LogP contribution in [0.3, 0.4) is 0 Å². The van der Waals surface area contributed by atoms with Gasteiger partial charge in [0.15, 0.2) is 0 Å². The molecular formula is C13H20N4. The van der Waals surface area contributed by atoms with Crippen molar-refractivity contribution in [3.05, 3.63) is 23.4 Å². The van der Waals surface area contributed by atoms with Crippen LogP contribution in [0.15, 0.2) is 12.1 Å². The van der Waals surface area contributed by atoms with Gasteiger partial charge in [-0.1, -0.05) is 6.92 Å². The fourth-order valence-corrected chi connectivity index (χ4v) is 2.57. The quantitative estimate of drug-likeness (QED) is 0.604. The molecule has 2 rings (SSSR count). The van der Waals surface area contributed by atoms with Gasteiger partial charge in [-0.05, 0) is 38.3 Å². The largest absolute Gasteiger partial charge is 0.384 e. The third kappa shape index (κ3) is 2.25. The number of nitrogens with two attached hydrogens (primary N) is 1. The Labute approximate surface area is 102 Å². The first kappa shape index (κ1) is 11.9. The van der Waals surface area contributed by atoms with Crippen molar-refractivity contribution in [3.8, 4) is 0 Å². The smallest absolute Gasteiger partial charge is 0.140 e. The molecule has 0 spiro atoms. The Balaban J connectivity index is 2.43. The predicted octanol–water partition coefficient (Wildman–Crippen LogP) is 1.91. The second kappa shape index (κ2) is 4.35. The Bertz CT molecular complexity index is 441. The van der Waals surface area contributed by atoms with E-state index in [4.69, 9.17) is 11.1 Å². The third-order valence-electron chi connectivity index (χ3n) is 3.36. The summed E-state index contributed by atoms with van der Waals surface area (Å²) in [6.07, 6.45) is 1.17. The van der Waals surface area contributed by atoms with E-state index in [-0.39, 0.29) is 5.84 Å². The van der Waals surface area contributed by atoms with Crippen molar-refractivity contribution in [2.75, 3.05) is 11.4 Å². The van der Waals surface area contributed by atoms with Gasteiger partial charge in [0.25, 0.3) is 0 Å². The molecule has 0 saturated carbocycles. The lowest BCUT2D eigenvalue weighted by Crippen LogP contribution is -2.30. The van der Waals surface area contributed by atoms with Gasteiger partial charge in [-0.25, -0.2) is 4.98 Å². The summed E-state index contributed by atoms with van der Waals surface area (Å²) in [6.45, 7) is 7.42. The number of hydrogen-bond acceptors (Lipinski definition) is 3. The van der Waals surface area contributed by atoms with E-state index in [1.165, 1.54) is 6.42 Å². The maximum absolute atomic E-state index is 7.64. The van der Waals surface area contributed by atoms with Crippen molar-refractivity contribution in [2.45, 2.75) is 33.2 Å². The number of nitrogen functional groups attached to an aromatic ring is 1. The van der Waals surface area contributed by atoms with Gasteiger partial charge in [0.2, 0.25) is 0 Å². The zero-order chi connectivity index (χ0) is 12.6. The SMILES string of the molecule is Cc1ccc(C(=N)N)c(N2CC(C)CC2C)n1. The average Bonchev–Trinajstić information content (AvgIpc) is 2.57. The zero-order valence-electron chi connectivity index (χ0n) is 10.7. The number of pyridine rings is 1. The van der Waals surface area contributed by atoms with Gasteiger partial charge in [0, 0.05) is 18.3 Å². The highest BCUT2D eigenvalue weighted by Gasteiger charge is 2.29. The highest BCUT2D eigenvalue weighted by molar-refractivity contribution is 5.99. The number of aromatic nitrogens is 1. The second-order valence-electron chi connectivity index (χ2n) is 5.08. The molecule has 2 unspecified atom stereocenters. The molecule has 17 heavy (non-hydrogen) atoms. The first-order valence-corrected chi connectivity index (χ1v) is 6.07. The van der Waals surface area contributed by atoms with Gasteiger partial charge in [-0.15, -0.1) is 0 Å². The fraction of sp³-hybridized carbons (Fsp3) is 0.538. The van der Waals surface area contributed by atoms with Crippen molar-refractivity contribution < 1.29 is 0 Å².